The second-order valence-electron chi connectivity index (χ2n) is 6.11. The minimum absolute atomic E-state index is 0.00122. The Bertz CT molecular complexity index is 882. The van der Waals surface area contributed by atoms with Gasteiger partial charge in [-0.1, -0.05) is 18.2 Å². The number of aliphatic carboxylic acids is 1. The van der Waals surface area contributed by atoms with E-state index in [-0.39, 0.29) is 19.7 Å². The lowest BCUT2D eigenvalue weighted by atomic mass is 10.0. The number of aromatic nitrogens is 1. The number of para-hydroxylation sites is 1. The smallest absolute Gasteiger partial charge is 0.307 e. The van der Waals surface area contributed by atoms with Crippen LogP contribution >= 0.6 is 0 Å². The summed E-state index contributed by atoms with van der Waals surface area (Å²) in [5, 5.41) is 10.0. The first-order chi connectivity index (χ1) is 12.5. The molecule has 1 aliphatic heterocycles. The van der Waals surface area contributed by atoms with Gasteiger partial charge in [0.05, 0.1) is 5.92 Å². The second-order valence-corrected chi connectivity index (χ2v) is 7.87. The number of carbonyl (C=O) groups is 1. The van der Waals surface area contributed by atoms with Crippen LogP contribution < -0.4 is 9.46 Å². The molecule has 1 aliphatic rings. The third-order valence-electron chi connectivity index (χ3n) is 4.31. The molecule has 2 aromatic rings. The van der Waals surface area contributed by atoms with E-state index in [2.05, 4.69) is 9.71 Å². The van der Waals surface area contributed by atoms with Crippen LogP contribution in [0.25, 0.3) is 10.9 Å². The van der Waals surface area contributed by atoms with E-state index in [9.17, 15) is 13.2 Å². The Labute approximate surface area is 152 Å². The van der Waals surface area contributed by atoms with Gasteiger partial charge >= 0.3 is 5.97 Å². The highest BCUT2D eigenvalue weighted by atomic mass is 32.2. The zero-order valence-electron chi connectivity index (χ0n) is 14.2. The SMILES string of the molecule is O=C(O)[C@H]1CCCN(S(=O)(=O)NCCOc2cccc3cccnc23)C1. The number of carboxylic acids is 1. The Kier molecular flexibility index (Phi) is 5.70. The minimum atomic E-state index is -3.72. The van der Waals surface area contributed by atoms with E-state index in [0.717, 1.165) is 10.9 Å². The highest BCUT2D eigenvalue weighted by Crippen LogP contribution is 2.23. The monoisotopic (exact) mass is 379 g/mol. The molecular formula is C17H21N3O5S. The Hall–Kier alpha value is -2.23. The molecule has 1 aromatic heterocycles. The van der Waals surface area contributed by atoms with Gasteiger partial charge in [0.2, 0.25) is 0 Å². The van der Waals surface area contributed by atoms with Gasteiger partial charge in [-0.3, -0.25) is 9.78 Å². The standard InChI is InChI=1S/C17H21N3O5S/c21-17(22)14-6-3-10-20(12-14)26(23,24)19-9-11-25-15-7-1-4-13-5-2-8-18-16(13)15/h1-2,4-5,7-8,14,19H,3,6,9-12H2,(H,21,22)/t14-/m0/s1. The van der Waals surface area contributed by atoms with Gasteiger partial charge in [0, 0.05) is 31.2 Å². The van der Waals surface area contributed by atoms with Crippen molar-refractivity contribution >= 4 is 27.1 Å². The summed E-state index contributed by atoms with van der Waals surface area (Å²) in [6.07, 6.45) is 2.71. The summed E-state index contributed by atoms with van der Waals surface area (Å²) in [5.74, 6) is -1.03. The molecule has 2 heterocycles. The third kappa shape index (κ3) is 4.29. The number of piperidine rings is 1. The number of nitrogens with one attached hydrogen (secondary N) is 1. The minimum Gasteiger partial charge on any atom is -0.490 e. The predicted octanol–water partition coefficient (Wildman–Crippen LogP) is 1.24. The Morgan fingerprint density at radius 1 is 1.35 bits per heavy atom. The molecule has 3 rings (SSSR count). The zero-order chi connectivity index (χ0) is 18.6. The van der Waals surface area contributed by atoms with Crippen LogP contribution in [0.2, 0.25) is 0 Å². The van der Waals surface area contributed by atoms with Gasteiger partial charge in [-0.05, 0) is 25.0 Å². The van der Waals surface area contributed by atoms with E-state index < -0.39 is 22.1 Å². The van der Waals surface area contributed by atoms with Crippen molar-refractivity contribution < 1.29 is 23.1 Å². The molecule has 0 unspecified atom stereocenters. The molecule has 0 amide bonds. The van der Waals surface area contributed by atoms with E-state index in [1.807, 2.05) is 24.3 Å². The highest BCUT2D eigenvalue weighted by molar-refractivity contribution is 7.87. The average Bonchev–Trinajstić information content (AvgIpc) is 2.65. The van der Waals surface area contributed by atoms with Crippen LogP contribution in [0.1, 0.15) is 12.8 Å². The molecule has 2 N–H and O–H groups in total. The van der Waals surface area contributed by atoms with Crippen LogP contribution in [0.15, 0.2) is 36.5 Å². The summed E-state index contributed by atoms with van der Waals surface area (Å²) >= 11 is 0. The maximum absolute atomic E-state index is 12.3. The molecule has 1 aromatic carbocycles. The van der Waals surface area contributed by atoms with Crippen molar-refractivity contribution in [2.24, 2.45) is 5.92 Å². The number of nitrogens with zero attached hydrogens (tertiary/aromatic N) is 2. The molecule has 140 valence electrons. The van der Waals surface area contributed by atoms with Crippen LogP contribution in [0.5, 0.6) is 5.75 Å². The van der Waals surface area contributed by atoms with Gasteiger partial charge in [-0.2, -0.15) is 17.4 Å². The number of fused-ring (bicyclic) bond motifs is 1. The Morgan fingerprint density at radius 2 is 2.15 bits per heavy atom. The molecule has 0 radical (unpaired) electrons. The number of hydrogen-bond donors (Lipinski definition) is 2. The number of rotatable bonds is 7. The van der Waals surface area contributed by atoms with Crippen LogP contribution in [0, 0.1) is 5.92 Å². The molecule has 1 atom stereocenters. The van der Waals surface area contributed by atoms with E-state index in [1.54, 1.807) is 12.3 Å². The van der Waals surface area contributed by atoms with Gasteiger partial charge in [-0.25, -0.2) is 0 Å². The molecule has 26 heavy (non-hydrogen) atoms. The van der Waals surface area contributed by atoms with Crippen molar-refractivity contribution in [2.45, 2.75) is 12.8 Å². The molecule has 9 heteroatoms. The van der Waals surface area contributed by atoms with E-state index >= 15 is 0 Å². The third-order valence-corrected chi connectivity index (χ3v) is 5.89. The molecular weight excluding hydrogens is 358 g/mol. The van der Waals surface area contributed by atoms with Crippen molar-refractivity contribution in [2.75, 3.05) is 26.2 Å². The molecule has 8 nitrogen and oxygen atoms in total. The van der Waals surface area contributed by atoms with Crippen molar-refractivity contribution in [3.8, 4) is 5.75 Å². The van der Waals surface area contributed by atoms with Gasteiger partial charge in [0.25, 0.3) is 10.2 Å². The molecule has 1 fully saturated rings. The fraction of sp³-hybridized carbons (Fsp3) is 0.412. The van der Waals surface area contributed by atoms with Crippen LogP contribution in [0.3, 0.4) is 0 Å². The maximum atomic E-state index is 12.3. The second kappa shape index (κ2) is 7.98. The summed E-state index contributed by atoms with van der Waals surface area (Å²) in [7, 11) is -3.72. The number of benzene rings is 1. The van der Waals surface area contributed by atoms with Crippen LogP contribution in [-0.4, -0.2) is 55.0 Å². The van der Waals surface area contributed by atoms with Crippen LogP contribution in [0.4, 0.5) is 0 Å². The Morgan fingerprint density at radius 3 is 2.96 bits per heavy atom. The zero-order valence-corrected chi connectivity index (χ0v) is 15.0. The lowest BCUT2D eigenvalue weighted by Crippen LogP contribution is -2.48. The number of hydrogen-bond acceptors (Lipinski definition) is 5. The molecule has 0 bridgehead atoms. The van der Waals surface area contributed by atoms with E-state index in [4.69, 9.17) is 9.84 Å². The average molecular weight is 379 g/mol. The number of ether oxygens (including phenoxy) is 1. The van der Waals surface area contributed by atoms with Gasteiger partial charge in [-0.15, -0.1) is 0 Å². The lowest BCUT2D eigenvalue weighted by molar-refractivity contribution is -0.142. The lowest BCUT2D eigenvalue weighted by Gasteiger charge is -2.29. The molecule has 0 aliphatic carbocycles. The molecule has 1 saturated heterocycles. The first-order valence-corrected chi connectivity index (χ1v) is 9.85. The van der Waals surface area contributed by atoms with Gasteiger partial charge in [0.1, 0.15) is 17.9 Å². The first kappa shape index (κ1) is 18.6. The summed E-state index contributed by atoms with van der Waals surface area (Å²) in [6.45, 7) is 0.552. The highest BCUT2D eigenvalue weighted by Gasteiger charge is 2.31. The molecule has 0 saturated carbocycles. The van der Waals surface area contributed by atoms with Crippen molar-refractivity contribution in [1.29, 1.82) is 0 Å². The molecule has 0 spiro atoms. The normalized spacial score (nSPS) is 18.7. The van der Waals surface area contributed by atoms with Gasteiger partial charge < -0.3 is 9.84 Å². The van der Waals surface area contributed by atoms with Crippen molar-refractivity contribution in [1.82, 2.24) is 14.0 Å². The predicted molar refractivity (Wildman–Crippen MR) is 96.1 cm³/mol. The summed E-state index contributed by atoms with van der Waals surface area (Å²) in [4.78, 5) is 15.4. The largest absolute Gasteiger partial charge is 0.490 e. The number of carboxylic acid groups (broad SMARTS) is 1. The summed E-state index contributed by atoms with van der Waals surface area (Å²) < 4.78 is 34.0. The van der Waals surface area contributed by atoms with E-state index in [1.165, 1.54) is 4.31 Å². The fourth-order valence-electron chi connectivity index (χ4n) is 2.98. The van der Waals surface area contributed by atoms with Crippen LogP contribution in [-0.2, 0) is 15.0 Å². The Balaban J connectivity index is 1.54. The fourth-order valence-corrected chi connectivity index (χ4v) is 4.25. The van der Waals surface area contributed by atoms with E-state index in [0.29, 0.717) is 25.1 Å². The summed E-state index contributed by atoms with van der Waals surface area (Å²) in [5.41, 5.74) is 0.721. The summed E-state index contributed by atoms with van der Waals surface area (Å²) in [6, 6.07) is 9.32. The first-order valence-electron chi connectivity index (χ1n) is 8.41. The quantitative estimate of drug-likeness (QED) is 0.701. The topological polar surface area (TPSA) is 109 Å². The number of pyridine rings is 1. The van der Waals surface area contributed by atoms with Crippen molar-refractivity contribution in [3.05, 3.63) is 36.5 Å². The maximum Gasteiger partial charge on any atom is 0.307 e. The van der Waals surface area contributed by atoms with Gasteiger partial charge in [0.15, 0.2) is 0 Å². The van der Waals surface area contributed by atoms with Crippen molar-refractivity contribution in [3.63, 3.8) is 0 Å².